The summed E-state index contributed by atoms with van der Waals surface area (Å²) in [5, 5.41) is 12.0. The molecule has 0 atom stereocenters. The molecule has 26 heavy (non-hydrogen) atoms. The Morgan fingerprint density at radius 2 is 2.04 bits per heavy atom. The highest BCUT2D eigenvalue weighted by atomic mass is 16.5. The Hall–Kier alpha value is -2.96. The van der Waals surface area contributed by atoms with E-state index in [1.54, 1.807) is 11.6 Å². The third-order valence-corrected chi connectivity index (χ3v) is 4.23. The largest absolute Gasteiger partial charge is 0.331 e. The first-order chi connectivity index (χ1) is 12.7. The van der Waals surface area contributed by atoms with Crippen molar-refractivity contribution in [1.29, 1.82) is 0 Å². The van der Waals surface area contributed by atoms with Crippen LogP contribution >= 0.6 is 0 Å². The molecule has 1 aromatic heterocycles. The lowest BCUT2D eigenvalue weighted by Gasteiger charge is -2.05. The molecule has 0 fully saturated rings. The maximum atomic E-state index is 11.1. The van der Waals surface area contributed by atoms with Gasteiger partial charge in [0.2, 0.25) is 0 Å². The van der Waals surface area contributed by atoms with Crippen LogP contribution < -0.4 is 10.8 Å². The SMILES string of the molecule is Cn1c(CCNCc2ccccc2)nc2cc(C=CC(=O)NO)ccc21. The molecule has 0 unspecified atom stereocenters. The summed E-state index contributed by atoms with van der Waals surface area (Å²) in [5.41, 5.74) is 5.63. The Morgan fingerprint density at radius 3 is 2.81 bits per heavy atom. The molecule has 0 radical (unpaired) electrons. The van der Waals surface area contributed by atoms with E-state index >= 15 is 0 Å². The van der Waals surface area contributed by atoms with Crippen LogP contribution in [-0.4, -0.2) is 27.2 Å². The van der Waals surface area contributed by atoms with Crippen LogP contribution in [0.3, 0.4) is 0 Å². The van der Waals surface area contributed by atoms with Crippen molar-refractivity contribution in [3.8, 4) is 0 Å². The van der Waals surface area contributed by atoms with Gasteiger partial charge in [-0.3, -0.25) is 10.0 Å². The number of fused-ring (bicyclic) bond motifs is 1. The summed E-state index contributed by atoms with van der Waals surface area (Å²) in [7, 11) is 2.01. The Labute approximate surface area is 152 Å². The van der Waals surface area contributed by atoms with E-state index in [-0.39, 0.29) is 0 Å². The molecule has 6 heteroatoms. The first-order valence-corrected chi connectivity index (χ1v) is 8.49. The minimum atomic E-state index is -0.559. The zero-order valence-corrected chi connectivity index (χ0v) is 14.6. The zero-order valence-electron chi connectivity index (χ0n) is 14.6. The number of rotatable bonds is 7. The number of hydrogen-bond acceptors (Lipinski definition) is 4. The molecule has 134 valence electrons. The van der Waals surface area contributed by atoms with Crippen molar-refractivity contribution in [2.24, 2.45) is 7.05 Å². The number of hydroxylamine groups is 1. The molecule has 3 aromatic rings. The predicted molar refractivity (Wildman–Crippen MR) is 102 cm³/mol. The van der Waals surface area contributed by atoms with Gasteiger partial charge in [-0.25, -0.2) is 10.5 Å². The number of imidazole rings is 1. The first kappa shape index (κ1) is 17.8. The fraction of sp³-hybridized carbons (Fsp3) is 0.200. The van der Waals surface area contributed by atoms with Crippen molar-refractivity contribution in [1.82, 2.24) is 20.3 Å². The third-order valence-electron chi connectivity index (χ3n) is 4.23. The molecule has 1 amide bonds. The van der Waals surface area contributed by atoms with E-state index < -0.39 is 5.91 Å². The fourth-order valence-electron chi connectivity index (χ4n) is 2.83. The standard InChI is InChI=1S/C20H22N4O2/c1-24-18-9-7-15(8-10-20(25)23-26)13-17(18)22-19(24)11-12-21-14-16-5-3-2-4-6-16/h2-10,13,21,26H,11-12,14H2,1H3,(H,23,25). The van der Waals surface area contributed by atoms with Gasteiger partial charge < -0.3 is 9.88 Å². The number of aromatic nitrogens is 2. The second kappa shape index (κ2) is 8.42. The number of hydrogen-bond donors (Lipinski definition) is 3. The minimum absolute atomic E-state index is 0.559. The number of aryl methyl sites for hydroxylation is 1. The van der Waals surface area contributed by atoms with Gasteiger partial charge in [-0.05, 0) is 29.3 Å². The molecule has 0 saturated heterocycles. The molecule has 0 saturated carbocycles. The molecule has 0 bridgehead atoms. The molecule has 3 rings (SSSR count). The second-order valence-electron chi connectivity index (χ2n) is 6.06. The van der Waals surface area contributed by atoms with E-state index in [0.717, 1.165) is 41.9 Å². The maximum Gasteiger partial charge on any atom is 0.267 e. The number of nitrogens with zero attached hydrogens (tertiary/aromatic N) is 2. The molecular formula is C20H22N4O2. The first-order valence-electron chi connectivity index (χ1n) is 8.49. The molecule has 6 nitrogen and oxygen atoms in total. The van der Waals surface area contributed by atoms with E-state index in [2.05, 4.69) is 22.0 Å². The van der Waals surface area contributed by atoms with Crippen LogP contribution in [-0.2, 0) is 24.8 Å². The molecule has 2 aromatic carbocycles. The van der Waals surface area contributed by atoms with Crippen LogP contribution in [0, 0.1) is 0 Å². The van der Waals surface area contributed by atoms with E-state index in [4.69, 9.17) is 10.2 Å². The van der Waals surface area contributed by atoms with Gasteiger partial charge in [0.05, 0.1) is 11.0 Å². The second-order valence-corrected chi connectivity index (χ2v) is 6.06. The number of carbonyl (C=O) groups excluding carboxylic acids is 1. The van der Waals surface area contributed by atoms with E-state index in [1.807, 2.05) is 43.4 Å². The molecular weight excluding hydrogens is 328 g/mol. The van der Waals surface area contributed by atoms with Gasteiger partial charge in [-0.15, -0.1) is 0 Å². The summed E-state index contributed by atoms with van der Waals surface area (Å²) in [6, 6.07) is 16.1. The highest BCUT2D eigenvalue weighted by Crippen LogP contribution is 2.18. The molecule has 3 N–H and O–H groups in total. The van der Waals surface area contributed by atoms with Crippen LogP contribution in [0.1, 0.15) is 17.0 Å². The summed E-state index contributed by atoms with van der Waals surface area (Å²) >= 11 is 0. The maximum absolute atomic E-state index is 11.1. The lowest BCUT2D eigenvalue weighted by molar-refractivity contribution is -0.124. The van der Waals surface area contributed by atoms with Crippen LogP contribution in [0.25, 0.3) is 17.1 Å². The monoisotopic (exact) mass is 350 g/mol. The van der Waals surface area contributed by atoms with Gasteiger partial charge in [0.15, 0.2) is 0 Å². The topological polar surface area (TPSA) is 79.2 Å². The van der Waals surface area contributed by atoms with Crippen molar-refractivity contribution in [2.75, 3.05) is 6.54 Å². The number of nitrogens with one attached hydrogen (secondary N) is 2. The van der Waals surface area contributed by atoms with Crippen molar-refractivity contribution < 1.29 is 10.0 Å². The smallest absolute Gasteiger partial charge is 0.267 e. The quantitative estimate of drug-likeness (QED) is 0.265. The van der Waals surface area contributed by atoms with Gasteiger partial charge in [0.1, 0.15) is 5.82 Å². The Morgan fingerprint density at radius 1 is 1.23 bits per heavy atom. The summed E-state index contributed by atoms with van der Waals surface area (Å²) in [6.07, 6.45) is 3.75. The van der Waals surface area contributed by atoms with E-state index in [9.17, 15) is 4.79 Å². The van der Waals surface area contributed by atoms with Gasteiger partial charge in [-0.1, -0.05) is 36.4 Å². The highest BCUT2D eigenvalue weighted by Gasteiger charge is 2.07. The molecule has 0 aliphatic carbocycles. The van der Waals surface area contributed by atoms with Gasteiger partial charge in [0.25, 0.3) is 5.91 Å². The van der Waals surface area contributed by atoms with E-state index in [1.165, 1.54) is 11.6 Å². The zero-order chi connectivity index (χ0) is 18.4. The van der Waals surface area contributed by atoms with Gasteiger partial charge >= 0.3 is 0 Å². The number of carbonyl (C=O) groups is 1. The molecule has 1 heterocycles. The summed E-state index contributed by atoms with van der Waals surface area (Å²) in [4.78, 5) is 15.8. The summed E-state index contributed by atoms with van der Waals surface area (Å²) in [6.45, 7) is 1.68. The van der Waals surface area contributed by atoms with Crippen molar-refractivity contribution in [3.63, 3.8) is 0 Å². The molecule has 0 spiro atoms. The molecule has 0 aliphatic heterocycles. The highest BCUT2D eigenvalue weighted by molar-refractivity contribution is 5.91. The van der Waals surface area contributed by atoms with Crippen LogP contribution in [0.15, 0.2) is 54.6 Å². The van der Waals surface area contributed by atoms with Crippen LogP contribution in [0.4, 0.5) is 0 Å². The van der Waals surface area contributed by atoms with Crippen molar-refractivity contribution in [3.05, 3.63) is 71.6 Å². The Bertz CT molecular complexity index is 916. The van der Waals surface area contributed by atoms with Gasteiger partial charge in [0, 0.05) is 32.6 Å². The lowest BCUT2D eigenvalue weighted by atomic mass is 10.2. The van der Waals surface area contributed by atoms with Crippen LogP contribution in [0.5, 0.6) is 0 Å². The van der Waals surface area contributed by atoms with Crippen molar-refractivity contribution >= 4 is 23.0 Å². The normalized spacial score (nSPS) is 11.3. The number of benzene rings is 2. The fourth-order valence-corrected chi connectivity index (χ4v) is 2.83. The average molecular weight is 350 g/mol. The van der Waals surface area contributed by atoms with Gasteiger partial charge in [-0.2, -0.15) is 0 Å². The average Bonchev–Trinajstić information content (AvgIpc) is 2.99. The van der Waals surface area contributed by atoms with Crippen molar-refractivity contribution in [2.45, 2.75) is 13.0 Å². The summed E-state index contributed by atoms with van der Waals surface area (Å²) < 4.78 is 2.09. The lowest BCUT2D eigenvalue weighted by Crippen LogP contribution is -2.18. The number of amides is 1. The summed E-state index contributed by atoms with van der Waals surface area (Å²) in [5.74, 6) is 0.450. The van der Waals surface area contributed by atoms with Crippen LogP contribution in [0.2, 0.25) is 0 Å². The Balaban J connectivity index is 1.64. The molecule has 0 aliphatic rings. The predicted octanol–water partition coefficient (Wildman–Crippen LogP) is 2.42. The third kappa shape index (κ3) is 4.36. The van der Waals surface area contributed by atoms with E-state index in [0.29, 0.717) is 0 Å². The minimum Gasteiger partial charge on any atom is -0.331 e. The Kier molecular flexibility index (Phi) is 5.78.